The minimum absolute atomic E-state index is 0.0873. The third-order valence-corrected chi connectivity index (χ3v) is 7.90. The van der Waals surface area contributed by atoms with Crippen LogP contribution in [0.1, 0.15) is 11.1 Å². The Kier molecular flexibility index (Phi) is 7.13. The summed E-state index contributed by atoms with van der Waals surface area (Å²) in [6, 6.07) is 20.8. The van der Waals surface area contributed by atoms with E-state index in [0.29, 0.717) is 16.4 Å². The molecular formula is C25H24N4O4S2. The zero-order chi connectivity index (χ0) is 25.0. The number of anilines is 2. The lowest BCUT2D eigenvalue weighted by molar-refractivity contribution is -0.114. The number of sulfonamides is 1. The van der Waals surface area contributed by atoms with E-state index in [2.05, 4.69) is 15.5 Å². The van der Waals surface area contributed by atoms with Crippen molar-refractivity contribution >= 4 is 38.1 Å². The number of methoxy groups -OCH3 is 1. The van der Waals surface area contributed by atoms with Gasteiger partial charge in [-0.3, -0.25) is 14.4 Å². The van der Waals surface area contributed by atoms with Crippen LogP contribution in [0.2, 0.25) is 0 Å². The molecule has 0 saturated carbocycles. The van der Waals surface area contributed by atoms with Crippen LogP contribution >= 0.6 is 11.3 Å². The Morgan fingerprint density at radius 3 is 2.11 bits per heavy atom. The number of nitrogens with zero attached hydrogens (tertiary/aromatic N) is 3. The molecule has 1 N–H and O–H groups in total. The van der Waals surface area contributed by atoms with Gasteiger partial charge in [-0.25, -0.2) is 8.42 Å². The van der Waals surface area contributed by atoms with Crippen molar-refractivity contribution in [3.05, 3.63) is 83.9 Å². The SMILES string of the molecule is COc1ccc(N(CC(=O)Nc2nnc(-c3ccc(C)cc3)s2)S(=O)(=O)c2ccc(C)cc2)cc1. The van der Waals surface area contributed by atoms with E-state index < -0.39 is 22.5 Å². The molecular weight excluding hydrogens is 484 g/mol. The summed E-state index contributed by atoms with van der Waals surface area (Å²) in [5.74, 6) is 0.0338. The Morgan fingerprint density at radius 2 is 1.51 bits per heavy atom. The van der Waals surface area contributed by atoms with Gasteiger partial charge in [-0.1, -0.05) is 58.9 Å². The fraction of sp³-hybridized carbons (Fsp3) is 0.160. The minimum atomic E-state index is -4.02. The highest BCUT2D eigenvalue weighted by atomic mass is 32.2. The summed E-state index contributed by atoms with van der Waals surface area (Å²) in [5, 5.41) is 11.8. The Balaban J connectivity index is 1.58. The largest absolute Gasteiger partial charge is 0.497 e. The van der Waals surface area contributed by atoms with Gasteiger partial charge in [0, 0.05) is 5.56 Å². The monoisotopic (exact) mass is 508 g/mol. The van der Waals surface area contributed by atoms with Crippen LogP contribution in [0, 0.1) is 13.8 Å². The van der Waals surface area contributed by atoms with E-state index in [-0.39, 0.29) is 10.0 Å². The summed E-state index contributed by atoms with van der Waals surface area (Å²) in [5.41, 5.74) is 3.27. The van der Waals surface area contributed by atoms with Crippen molar-refractivity contribution in [3.8, 4) is 16.3 Å². The second kappa shape index (κ2) is 10.2. The van der Waals surface area contributed by atoms with Crippen molar-refractivity contribution in [2.24, 2.45) is 0 Å². The summed E-state index contributed by atoms with van der Waals surface area (Å²) in [4.78, 5) is 13.0. The maximum Gasteiger partial charge on any atom is 0.264 e. The number of carbonyl (C=O) groups excluding carboxylic acids is 1. The number of rotatable bonds is 8. The molecule has 0 aliphatic carbocycles. The predicted octanol–water partition coefficient (Wildman–Crippen LogP) is 4.66. The molecule has 4 aromatic rings. The van der Waals surface area contributed by atoms with E-state index in [1.807, 2.05) is 38.1 Å². The van der Waals surface area contributed by atoms with Crippen molar-refractivity contribution in [2.75, 3.05) is 23.3 Å². The van der Waals surface area contributed by atoms with Crippen LogP contribution in [0.15, 0.2) is 77.7 Å². The Morgan fingerprint density at radius 1 is 0.914 bits per heavy atom. The molecule has 0 fully saturated rings. The number of amides is 1. The minimum Gasteiger partial charge on any atom is -0.497 e. The van der Waals surface area contributed by atoms with Crippen molar-refractivity contribution in [1.82, 2.24) is 10.2 Å². The molecule has 0 saturated heterocycles. The number of aromatic nitrogens is 2. The van der Waals surface area contributed by atoms with Gasteiger partial charge in [0.15, 0.2) is 0 Å². The van der Waals surface area contributed by atoms with Gasteiger partial charge >= 0.3 is 0 Å². The number of carbonyl (C=O) groups is 1. The molecule has 4 rings (SSSR count). The van der Waals surface area contributed by atoms with Gasteiger partial charge in [0.1, 0.15) is 17.3 Å². The first-order valence-corrected chi connectivity index (χ1v) is 13.0. The number of ether oxygens (including phenoxy) is 1. The molecule has 1 aromatic heterocycles. The average molecular weight is 509 g/mol. The number of hydrogen-bond acceptors (Lipinski definition) is 7. The standard InChI is InChI=1S/C25H24N4O4S2/c1-17-4-8-19(9-5-17)24-27-28-25(34-24)26-23(30)16-29(20-10-12-21(33-3)13-11-20)35(31,32)22-14-6-18(2)7-15-22/h4-15H,16H2,1-3H3,(H,26,28,30). The molecule has 1 heterocycles. The van der Waals surface area contributed by atoms with Gasteiger partial charge in [0.2, 0.25) is 11.0 Å². The van der Waals surface area contributed by atoms with E-state index in [4.69, 9.17) is 4.74 Å². The predicted molar refractivity (Wildman–Crippen MR) is 137 cm³/mol. The fourth-order valence-corrected chi connectivity index (χ4v) is 5.46. The molecule has 0 atom stereocenters. The highest BCUT2D eigenvalue weighted by Crippen LogP contribution is 2.28. The van der Waals surface area contributed by atoms with Gasteiger partial charge in [-0.15, -0.1) is 10.2 Å². The highest BCUT2D eigenvalue weighted by Gasteiger charge is 2.27. The third kappa shape index (κ3) is 5.67. The molecule has 8 nitrogen and oxygen atoms in total. The number of aryl methyl sites for hydroxylation is 2. The summed E-state index contributed by atoms with van der Waals surface area (Å²) >= 11 is 1.21. The van der Waals surface area contributed by atoms with Gasteiger partial charge in [0.05, 0.1) is 17.7 Å². The maximum atomic E-state index is 13.5. The topological polar surface area (TPSA) is 101 Å². The number of nitrogens with one attached hydrogen (secondary N) is 1. The molecule has 0 aliphatic heterocycles. The van der Waals surface area contributed by atoms with Crippen LogP contribution in [0.25, 0.3) is 10.6 Å². The van der Waals surface area contributed by atoms with Gasteiger partial charge in [0.25, 0.3) is 10.0 Å². The number of hydrogen-bond donors (Lipinski definition) is 1. The quantitative estimate of drug-likeness (QED) is 0.371. The zero-order valence-corrected chi connectivity index (χ0v) is 21.1. The molecule has 0 bridgehead atoms. The van der Waals surface area contributed by atoms with Crippen molar-refractivity contribution in [2.45, 2.75) is 18.7 Å². The molecule has 3 aromatic carbocycles. The maximum absolute atomic E-state index is 13.5. The van der Waals surface area contributed by atoms with Crippen LogP contribution in [-0.4, -0.2) is 38.2 Å². The Bertz CT molecular complexity index is 1420. The summed E-state index contributed by atoms with van der Waals surface area (Å²) in [6.45, 7) is 3.43. The van der Waals surface area contributed by atoms with Crippen molar-refractivity contribution in [3.63, 3.8) is 0 Å². The van der Waals surface area contributed by atoms with E-state index in [1.54, 1.807) is 36.4 Å². The first kappa shape index (κ1) is 24.4. The van der Waals surface area contributed by atoms with Crippen molar-refractivity contribution < 1.29 is 17.9 Å². The van der Waals surface area contributed by atoms with Gasteiger partial charge in [-0.2, -0.15) is 0 Å². The van der Waals surface area contributed by atoms with E-state index >= 15 is 0 Å². The molecule has 0 spiro atoms. The zero-order valence-electron chi connectivity index (χ0n) is 19.4. The molecule has 35 heavy (non-hydrogen) atoms. The normalized spacial score (nSPS) is 11.2. The van der Waals surface area contributed by atoms with Crippen LogP contribution in [0.4, 0.5) is 10.8 Å². The molecule has 0 radical (unpaired) electrons. The fourth-order valence-electron chi connectivity index (χ4n) is 3.28. The van der Waals surface area contributed by atoms with Crippen LogP contribution in [0.3, 0.4) is 0 Å². The molecule has 10 heteroatoms. The van der Waals surface area contributed by atoms with E-state index in [1.165, 1.54) is 30.6 Å². The smallest absolute Gasteiger partial charge is 0.264 e. The number of benzene rings is 3. The first-order valence-electron chi connectivity index (χ1n) is 10.7. The molecule has 0 aliphatic rings. The Hall–Kier alpha value is -3.76. The summed E-state index contributed by atoms with van der Waals surface area (Å²) in [7, 11) is -2.50. The van der Waals surface area contributed by atoms with Crippen LogP contribution in [0.5, 0.6) is 5.75 Å². The average Bonchev–Trinajstić information content (AvgIpc) is 3.31. The first-order chi connectivity index (χ1) is 16.8. The Labute approximate surface area is 208 Å². The molecule has 1 amide bonds. The summed E-state index contributed by atoms with van der Waals surface area (Å²) < 4.78 is 33.2. The summed E-state index contributed by atoms with van der Waals surface area (Å²) in [6.07, 6.45) is 0. The molecule has 180 valence electrons. The lowest BCUT2D eigenvalue weighted by atomic mass is 10.2. The second-order valence-electron chi connectivity index (χ2n) is 7.85. The lowest BCUT2D eigenvalue weighted by Gasteiger charge is -2.24. The van der Waals surface area contributed by atoms with E-state index in [0.717, 1.165) is 21.0 Å². The van der Waals surface area contributed by atoms with Crippen molar-refractivity contribution in [1.29, 1.82) is 0 Å². The lowest BCUT2D eigenvalue weighted by Crippen LogP contribution is -2.38. The second-order valence-corrected chi connectivity index (χ2v) is 10.7. The van der Waals surface area contributed by atoms with Gasteiger partial charge in [-0.05, 0) is 50.2 Å². The molecule has 0 unspecified atom stereocenters. The van der Waals surface area contributed by atoms with Crippen LogP contribution in [-0.2, 0) is 14.8 Å². The van der Waals surface area contributed by atoms with Crippen LogP contribution < -0.4 is 14.4 Å². The third-order valence-electron chi connectivity index (χ3n) is 5.23. The van der Waals surface area contributed by atoms with E-state index in [9.17, 15) is 13.2 Å². The highest BCUT2D eigenvalue weighted by molar-refractivity contribution is 7.92. The van der Waals surface area contributed by atoms with Gasteiger partial charge < -0.3 is 4.74 Å².